The first-order valence-electron chi connectivity index (χ1n) is 7.98. The molecule has 0 aliphatic heterocycles. The molecule has 0 aliphatic rings. The predicted molar refractivity (Wildman–Crippen MR) is 91.8 cm³/mol. The minimum Gasteiger partial charge on any atom is -0.494 e. The van der Waals surface area contributed by atoms with E-state index >= 15 is 0 Å². The second-order valence-corrected chi connectivity index (χ2v) is 5.62. The Bertz CT molecular complexity index is 939. The summed E-state index contributed by atoms with van der Waals surface area (Å²) in [6.07, 6.45) is 3.03. The number of nitrogen functional groups attached to an aromatic ring is 1. The maximum atomic E-state index is 14.0. The van der Waals surface area contributed by atoms with Crippen LogP contribution in [0.1, 0.15) is 19.8 Å². The maximum Gasteiger partial charge on any atom is 0.326 e. The Kier molecular flexibility index (Phi) is 4.69. The topological polar surface area (TPSA) is 92.3 Å². The minimum absolute atomic E-state index is 0.0812. The zero-order valence-corrected chi connectivity index (χ0v) is 14.1. The number of anilines is 1. The van der Waals surface area contributed by atoms with Gasteiger partial charge < -0.3 is 19.8 Å². The van der Waals surface area contributed by atoms with Gasteiger partial charge in [0, 0.05) is 11.5 Å². The molecule has 2 aromatic heterocycles. The standard InChI is InChI=1S/C17H19FN4O3/c1-3-4-5-25-13(23)8-22-15-11(6-10(18)7-12(15)24-2)14-16(19)20-9-21-17(14)22/h6-7,9H,3-5,8H2,1-2H3,(H2,19,20,21). The first-order valence-corrected chi connectivity index (χ1v) is 7.98. The van der Waals surface area contributed by atoms with E-state index in [1.807, 2.05) is 6.92 Å². The number of ether oxygens (including phenoxy) is 2. The van der Waals surface area contributed by atoms with Gasteiger partial charge in [-0.2, -0.15) is 0 Å². The third kappa shape index (κ3) is 3.07. The minimum atomic E-state index is -0.475. The van der Waals surface area contributed by atoms with Gasteiger partial charge in [0.15, 0.2) is 0 Å². The molecule has 0 aliphatic carbocycles. The van der Waals surface area contributed by atoms with Crippen LogP contribution in [0.4, 0.5) is 10.2 Å². The van der Waals surface area contributed by atoms with Gasteiger partial charge in [0.2, 0.25) is 0 Å². The second kappa shape index (κ2) is 6.92. The van der Waals surface area contributed by atoms with Crippen molar-refractivity contribution in [3.05, 3.63) is 24.3 Å². The Labute approximate surface area is 143 Å². The number of fused-ring (bicyclic) bond motifs is 3. The molecule has 3 aromatic rings. The number of rotatable bonds is 6. The molecule has 0 spiro atoms. The van der Waals surface area contributed by atoms with Gasteiger partial charge in [-0.15, -0.1) is 0 Å². The van der Waals surface area contributed by atoms with E-state index in [-0.39, 0.29) is 18.1 Å². The summed E-state index contributed by atoms with van der Waals surface area (Å²) in [6.45, 7) is 2.29. The van der Waals surface area contributed by atoms with Crippen molar-refractivity contribution in [2.75, 3.05) is 19.5 Å². The number of nitrogens with zero attached hydrogens (tertiary/aromatic N) is 3. The molecule has 3 rings (SSSR count). The monoisotopic (exact) mass is 346 g/mol. The number of hydrogen-bond donors (Lipinski definition) is 1. The number of unbranched alkanes of at least 4 members (excludes halogenated alkanes) is 1. The molecule has 132 valence electrons. The molecule has 0 unspecified atom stereocenters. The van der Waals surface area contributed by atoms with Crippen molar-refractivity contribution in [2.24, 2.45) is 0 Å². The first-order chi connectivity index (χ1) is 12.1. The van der Waals surface area contributed by atoms with E-state index in [0.717, 1.165) is 12.8 Å². The van der Waals surface area contributed by atoms with Crippen molar-refractivity contribution < 1.29 is 18.7 Å². The number of halogens is 1. The number of hydrogen-bond acceptors (Lipinski definition) is 6. The third-order valence-corrected chi connectivity index (χ3v) is 3.96. The summed E-state index contributed by atoms with van der Waals surface area (Å²) in [6, 6.07) is 2.59. The van der Waals surface area contributed by atoms with Crippen LogP contribution in [-0.2, 0) is 16.1 Å². The summed E-state index contributed by atoms with van der Waals surface area (Å²) in [5.74, 6) is -0.387. The van der Waals surface area contributed by atoms with Crippen molar-refractivity contribution in [2.45, 2.75) is 26.3 Å². The Morgan fingerprint density at radius 3 is 2.88 bits per heavy atom. The third-order valence-electron chi connectivity index (χ3n) is 3.96. The lowest BCUT2D eigenvalue weighted by Gasteiger charge is -2.10. The highest BCUT2D eigenvalue weighted by molar-refractivity contribution is 6.13. The van der Waals surface area contributed by atoms with Crippen LogP contribution in [0.5, 0.6) is 5.75 Å². The highest BCUT2D eigenvalue weighted by atomic mass is 19.1. The summed E-state index contributed by atoms with van der Waals surface area (Å²) in [5.41, 5.74) is 6.92. The smallest absolute Gasteiger partial charge is 0.326 e. The maximum absolute atomic E-state index is 14.0. The van der Waals surface area contributed by atoms with E-state index in [2.05, 4.69) is 9.97 Å². The van der Waals surface area contributed by atoms with E-state index in [0.29, 0.717) is 28.5 Å². The average molecular weight is 346 g/mol. The largest absolute Gasteiger partial charge is 0.494 e. The summed E-state index contributed by atoms with van der Waals surface area (Å²) in [5, 5.41) is 0.975. The second-order valence-electron chi connectivity index (χ2n) is 5.62. The summed E-state index contributed by atoms with van der Waals surface area (Å²) < 4.78 is 26.1. The van der Waals surface area contributed by atoms with E-state index < -0.39 is 11.8 Å². The van der Waals surface area contributed by atoms with E-state index in [9.17, 15) is 9.18 Å². The van der Waals surface area contributed by atoms with Crippen LogP contribution in [0.3, 0.4) is 0 Å². The van der Waals surface area contributed by atoms with Gasteiger partial charge in [0.1, 0.15) is 35.9 Å². The van der Waals surface area contributed by atoms with Gasteiger partial charge >= 0.3 is 5.97 Å². The molecule has 0 atom stereocenters. The zero-order chi connectivity index (χ0) is 18.0. The van der Waals surface area contributed by atoms with Crippen molar-refractivity contribution >= 4 is 33.7 Å². The Morgan fingerprint density at radius 1 is 1.36 bits per heavy atom. The molecule has 0 fully saturated rings. The number of benzene rings is 1. The lowest BCUT2D eigenvalue weighted by molar-refractivity contribution is -0.144. The molecule has 2 N–H and O–H groups in total. The van der Waals surface area contributed by atoms with Gasteiger partial charge in [0.25, 0.3) is 0 Å². The molecule has 2 heterocycles. The summed E-state index contributed by atoms with van der Waals surface area (Å²) in [7, 11) is 1.44. The van der Waals surface area contributed by atoms with E-state index in [1.54, 1.807) is 4.57 Å². The number of carbonyl (C=O) groups is 1. The fraction of sp³-hybridized carbons (Fsp3) is 0.353. The summed E-state index contributed by atoms with van der Waals surface area (Å²) in [4.78, 5) is 20.4. The van der Waals surface area contributed by atoms with Crippen LogP contribution < -0.4 is 10.5 Å². The fourth-order valence-corrected chi connectivity index (χ4v) is 2.82. The zero-order valence-electron chi connectivity index (χ0n) is 14.1. The van der Waals surface area contributed by atoms with Crippen LogP contribution in [0.2, 0.25) is 0 Å². The highest BCUT2D eigenvalue weighted by Crippen LogP contribution is 2.36. The normalized spacial score (nSPS) is 11.2. The number of esters is 1. The lowest BCUT2D eigenvalue weighted by Crippen LogP contribution is -2.15. The van der Waals surface area contributed by atoms with Gasteiger partial charge in [0.05, 0.1) is 24.6 Å². The lowest BCUT2D eigenvalue weighted by atomic mass is 10.2. The van der Waals surface area contributed by atoms with Crippen molar-refractivity contribution in [1.29, 1.82) is 0 Å². The molecule has 0 saturated carbocycles. The molecule has 0 radical (unpaired) electrons. The Morgan fingerprint density at radius 2 is 2.16 bits per heavy atom. The predicted octanol–water partition coefficient (Wildman–Crippen LogP) is 2.66. The molecule has 0 amide bonds. The number of methoxy groups -OCH3 is 1. The highest BCUT2D eigenvalue weighted by Gasteiger charge is 2.21. The van der Waals surface area contributed by atoms with Gasteiger partial charge in [-0.1, -0.05) is 13.3 Å². The summed E-state index contributed by atoms with van der Waals surface area (Å²) >= 11 is 0. The molecule has 0 saturated heterocycles. The average Bonchev–Trinajstić information content (AvgIpc) is 2.89. The fourth-order valence-electron chi connectivity index (χ4n) is 2.82. The van der Waals surface area contributed by atoms with Crippen molar-refractivity contribution in [3.8, 4) is 5.75 Å². The number of aromatic nitrogens is 3. The number of carbonyl (C=O) groups excluding carboxylic acids is 1. The van der Waals surface area contributed by atoms with Gasteiger partial charge in [-0.3, -0.25) is 4.79 Å². The molecule has 25 heavy (non-hydrogen) atoms. The van der Waals surface area contributed by atoms with E-state index in [4.69, 9.17) is 15.2 Å². The van der Waals surface area contributed by atoms with E-state index in [1.165, 1.54) is 25.6 Å². The number of nitrogens with two attached hydrogens (primary N) is 1. The quantitative estimate of drug-likeness (QED) is 0.545. The molecular formula is C17H19FN4O3. The molecule has 0 bridgehead atoms. The molecule has 8 heteroatoms. The SMILES string of the molecule is CCCCOC(=O)Cn1c2ncnc(N)c2c2cc(F)cc(OC)c21. The van der Waals surface area contributed by atoms with Crippen molar-refractivity contribution in [1.82, 2.24) is 14.5 Å². The molecule has 1 aromatic carbocycles. The van der Waals surface area contributed by atoms with Gasteiger partial charge in [-0.25, -0.2) is 14.4 Å². The van der Waals surface area contributed by atoms with Crippen LogP contribution >= 0.6 is 0 Å². The Hall–Kier alpha value is -2.90. The first kappa shape index (κ1) is 16.9. The molecular weight excluding hydrogens is 327 g/mol. The van der Waals surface area contributed by atoms with Crippen LogP contribution in [-0.4, -0.2) is 34.2 Å². The van der Waals surface area contributed by atoms with Crippen LogP contribution in [0.15, 0.2) is 18.5 Å². The van der Waals surface area contributed by atoms with Crippen LogP contribution in [0.25, 0.3) is 21.9 Å². The Balaban J connectivity index is 2.18. The van der Waals surface area contributed by atoms with Crippen molar-refractivity contribution in [3.63, 3.8) is 0 Å². The molecule has 7 nitrogen and oxygen atoms in total. The van der Waals surface area contributed by atoms with Gasteiger partial charge in [-0.05, 0) is 12.5 Å². The van der Waals surface area contributed by atoms with Crippen LogP contribution in [0, 0.1) is 5.82 Å².